The topological polar surface area (TPSA) is 33.3 Å². The molecule has 2 heterocycles. The number of ether oxygens (including phenoxy) is 1. The molecule has 0 amide bonds. The van der Waals surface area contributed by atoms with Gasteiger partial charge in [0.15, 0.2) is 0 Å². The third-order valence-corrected chi connectivity index (χ3v) is 4.51. The first-order valence-corrected chi connectivity index (χ1v) is 7.23. The summed E-state index contributed by atoms with van der Waals surface area (Å²) in [6, 6.07) is 0. The van der Waals surface area contributed by atoms with E-state index in [2.05, 4.69) is 24.5 Å². The molecule has 0 bridgehead atoms. The Morgan fingerprint density at radius 3 is 3.06 bits per heavy atom. The van der Waals surface area contributed by atoms with Crippen LogP contribution in [-0.2, 0) is 4.74 Å². The molecule has 3 atom stereocenters. The van der Waals surface area contributed by atoms with Crippen molar-refractivity contribution in [2.45, 2.75) is 45.1 Å². The van der Waals surface area contributed by atoms with E-state index in [1.165, 1.54) is 32.4 Å². The maximum absolute atomic E-state index is 5.46. The molecule has 0 aromatic carbocycles. The molecule has 2 saturated heterocycles. The predicted molar refractivity (Wildman–Crippen MR) is 71.2 cm³/mol. The predicted octanol–water partition coefficient (Wildman–Crippen LogP) is 1.78. The van der Waals surface area contributed by atoms with Gasteiger partial charge in [0.25, 0.3) is 0 Å². The van der Waals surface area contributed by atoms with Crippen LogP contribution in [-0.4, -0.2) is 38.4 Å². The van der Waals surface area contributed by atoms with Gasteiger partial charge in [0.05, 0.1) is 6.61 Å². The Labute approximate surface area is 106 Å². The minimum absolute atomic E-state index is 0.241. The van der Waals surface area contributed by atoms with Gasteiger partial charge in [-0.2, -0.15) is 0 Å². The van der Waals surface area contributed by atoms with Gasteiger partial charge in [0.1, 0.15) is 0 Å². The van der Waals surface area contributed by atoms with E-state index in [0.717, 1.165) is 38.0 Å². The third kappa shape index (κ3) is 3.94. The molecule has 0 aromatic heterocycles. The Morgan fingerprint density at radius 1 is 1.53 bits per heavy atom. The summed E-state index contributed by atoms with van der Waals surface area (Å²) in [4.78, 5) is 0. The van der Waals surface area contributed by atoms with E-state index in [0.29, 0.717) is 0 Å². The summed E-state index contributed by atoms with van der Waals surface area (Å²) in [7, 11) is 0. The van der Waals surface area contributed by atoms with Crippen LogP contribution in [0.15, 0.2) is 0 Å². The Balaban J connectivity index is 1.63. The maximum atomic E-state index is 5.46. The number of piperidine rings is 1. The van der Waals surface area contributed by atoms with E-state index >= 15 is 0 Å². The molecule has 2 rings (SSSR count). The molecule has 2 N–H and O–H groups in total. The maximum Gasteiger partial charge on any atom is 0.0646 e. The summed E-state index contributed by atoms with van der Waals surface area (Å²) in [6.07, 6.45) is 5.22. The lowest BCUT2D eigenvalue weighted by molar-refractivity contribution is 0.169. The highest BCUT2D eigenvalue weighted by Gasteiger charge is 2.29. The molecule has 100 valence electrons. The van der Waals surface area contributed by atoms with Gasteiger partial charge in [-0.05, 0) is 64.1 Å². The summed E-state index contributed by atoms with van der Waals surface area (Å²) < 4.78 is 5.46. The van der Waals surface area contributed by atoms with Crippen molar-refractivity contribution in [3.63, 3.8) is 0 Å². The molecule has 0 aromatic rings. The van der Waals surface area contributed by atoms with Gasteiger partial charge < -0.3 is 15.4 Å². The van der Waals surface area contributed by atoms with Crippen LogP contribution >= 0.6 is 0 Å². The highest BCUT2D eigenvalue weighted by molar-refractivity contribution is 4.87. The molecule has 3 unspecified atom stereocenters. The summed E-state index contributed by atoms with van der Waals surface area (Å²) in [5, 5.41) is 7.20. The number of rotatable bonds is 5. The minimum Gasteiger partial charge on any atom is -0.379 e. The Kier molecular flexibility index (Phi) is 4.83. The van der Waals surface area contributed by atoms with E-state index in [4.69, 9.17) is 4.74 Å². The molecule has 3 nitrogen and oxygen atoms in total. The fraction of sp³-hybridized carbons (Fsp3) is 1.00. The van der Waals surface area contributed by atoms with Crippen LogP contribution in [0.25, 0.3) is 0 Å². The van der Waals surface area contributed by atoms with Crippen molar-refractivity contribution >= 4 is 0 Å². The molecular weight excluding hydrogens is 212 g/mol. The Bertz CT molecular complexity index is 220. The first-order valence-electron chi connectivity index (χ1n) is 7.23. The van der Waals surface area contributed by atoms with Crippen LogP contribution in [0.5, 0.6) is 0 Å². The lowest BCUT2D eigenvalue weighted by Gasteiger charge is -2.30. The number of nitrogens with one attached hydrogen (secondary N) is 2. The number of hydrogen-bond acceptors (Lipinski definition) is 3. The van der Waals surface area contributed by atoms with E-state index < -0.39 is 0 Å². The molecular formula is C14H28N2O. The van der Waals surface area contributed by atoms with Crippen molar-refractivity contribution in [3.8, 4) is 0 Å². The van der Waals surface area contributed by atoms with E-state index in [-0.39, 0.29) is 5.54 Å². The fourth-order valence-electron chi connectivity index (χ4n) is 3.01. The van der Waals surface area contributed by atoms with Crippen molar-refractivity contribution in [3.05, 3.63) is 0 Å². The summed E-state index contributed by atoms with van der Waals surface area (Å²) in [5.41, 5.74) is 0.241. The lowest BCUT2D eigenvalue weighted by Crippen LogP contribution is -2.44. The summed E-state index contributed by atoms with van der Waals surface area (Å²) >= 11 is 0. The minimum atomic E-state index is 0.241. The largest absolute Gasteiger partial charge is 0.379 e. The van der Waals surface area contributed by atoms with Gasteiger partial charge in [-0.25, -0.2) is 0 Å². The van der Waals surface area contributed by atoms with Crippen molar-refractivity contribution in [2.75, 3.05) is 32.8 Å². The zero-order valence-corrected chi connectivity index (χ0v) is 11.4. The lowest BCUT2D eigenvalue weighted by atomic mass is 9.85. The second-order valence-electron chi connectivity index (χ2n) is 6.16. The Morgan fingerprint density at radius 2 is 2.41 bits per heavy atom. The van der Waals surface area contributed by atoms with E-state index in [9.17, 15) is 0 Å². The smallest absolute Gasteiger partial charge is 0.0646 e. The van der Waals surface area contributed by atoms with Gasteiger partial charge in [0, 0.05) is 12.1 Å². The molecule has 2 fully saturated rings. The van der Waals surface area contributed by atoms with Crippen molar-refractivity contribution in [1.82, 2.24) is 10.6 Å². The van der Waals surface area contributed by atoms with Gasteiger partial charge in [-0.15, -0.1) is 0 Å². The molecule has 2 aliphatic heterocycles. The number of hydrogen-bond donors (Lipinski definition) is 2. The molecule has 2 aliphatic rings. The van der Waals surface area contributed by atoms with Crippen molar-refractivity contribution in [1.29, 1.82) is 0 Å². The van der Waals surface area contributed by atoms with Crippen LogP contribution < -0.4 is 10.6 Å². The second-order valence-corrected chi connectivity index (χ2v) is 6.16. The first-order chi connectivity index (χ1) is 8.20. The molecule has 0 spiro atoms. The monoisotopic (exact) mass is 240 g/mol. The normalized spacial score (nSPS) is 36.0. The Hall–Kier alpha value is -0.120. The average molecular weight is 240 g/mol. The van der Waals surface area contributed by atoms with Gasteiger partial charge in [0.2, 0.25) is 0 Å². The highest BCUT2D eigenvalue weighted by Crippen LogP contribution is 2.23. The van der Waals surface area contributed by atoms with Gasteiger partial charge in [-0.1, -0.05) is 6.92 Å². The highest BCUT2D eigenvalue weighted by atomic mass is 16.5. The van der Waals surface area contributed by atoms with E-state index in [1.54, 1.807) is 0 Å². The fourth-order valence-corrected chi connectivity index (χ4v) is 3.01. The van der Waals surface area contributed by atoms with Crippen LogP contribution in [0.1, 0.15) is 39.5 Å². The zero-order chi connectivity index (χ0) is 12.1. The standard InChI is InChI=1S/C14H28N2O/c1-12(13-4-3-7-15-10-13)5-8-16-14(2)6-9-17-11-14/h12-13,15-16H,3-11H2,1-2H3. The molecule has 17 heavy (non-hydrogen) atoms. The average Bonchev–Trinajstić information content (AvgIpc) is 2.77. The summed E-state index contributed by atoms with van der Waals surface area (Å²) in [6.45, 7) is 10.1. The molecule has 0 aliphatic carbocycles. The first kappa shape index (κ1) is 13.3. The molecule has 0 saturated carbocycles. The second kappa shape index (κ2) is 6.17. The van der Waals surface area contributed by atoms with E-state index in [1.807, 2.05) is 0 Å². The van der Waals surface area contributed by atoms with Crippen LogP contribution in [0.3, 0.4) is 0 Å². The quantitative estimate of drug-likeness (QED) is 0.768. The van der Waals surface area contributed by atoms with Crippen molar-refractivity contribution < 1.29 is 4.74 Å². The van der Waals surface area contributed by atoms with Gasteiger partial charge >= 0.3 is 0 Å². The molecule has 3 heteroatoms. The van der Waals surface area contributed by atoms with Crippen molar-refractivity contribution in [2.24, 2.45) is 11.8 Å². The van der Waals surface area contributed by atoms with Crippen LogP contribution in [0.2, 0.25) is 0 Å². The SMILES string of the molecule is CC(CCNC1(C)CCOC1)C1CCCNC1. The third-order valence-electron chi connectivity index (χ3n) is 4.51. The van der Waals surface area contributed by atoms with Crippen LogP contribution in [0.4, 0.5) is 0 Å². The van der Waals surface area contributed by atoms with Gasteiger partial charge in [-0.3, -0.25) is 0 Å². The zero-order valence-electron chi connectivity index (χ0n) is 11.4. The summed E-state index contributed by atoms with van der Waals surface area (Å²) in [5.74, 6) is 1.72. The molecule has 0 radical (unpaired) electrons. The van der Waals surface area contributed by atoms with Crippen LogP contribution in [0, 0.1) is 11.8 Å².